The molecule has 4 rings (SSSR count). The zero-order chi connectivity index (χ0) is 27.8. The van der Waals surface area contributed by atoms with Gasteiger partial charge < -0.3 is 4.74 Å². The molecule has 0 spiro atoms. The quantitative estimate of drug-likeness (QED) is 0.0723. The number of nitro groups is 2. The predicted molar refractivity (Wildman–Crippen MR) is 152 cm³/mol. The number of alkyl halides is 2. The molecule has 4 aromatic rings. The molecule has 0 N–H and O–H groups in total. The van der Waals surface area contributed by atoms with Crippen molar-refractivity contribution in [3.05, 3.63) is 128 Å². The summed E-state index contributed by atoms with van der Waals surface area (Å²) in [5.74, 6) is 0. The average molecular weight is 654 g/mol. The number of azo groups is 2. The van der Waals surface area contributed by atoms with E-state index >= 15 is 0 Å². The number of nitro benzene ring substituents is 2. The molecule has 11 nitrogen and oxygen atoms in total. The Morgan fingerprint density at radius 3 is 1.03 bits per heavy atom. The van der Waals surface area contributed by atoms with E-state index in [0.717, 1.165) is 11.1 Å². The minimum atomic E-state index is -0.468. The van der Waals surface area contributed by atoms with Crippen molar-refractivity contribution in [1.82, 2.24) is 0 Å². The summed E-state index contributed by atoms with van der Waals surface area (Å²) in [6.07, 6.45) is 0. The standard InChI is InChI=1S/C26H18Br2N6O5/c27-25(17-1-5-19(6-2-17)29-31-21-9-13-23(14-10-21)33(35)36)39-26(28)18-3-7-20(8-4-18)30-32-22-11-15-24(16-12-22)34(37)38/h1-16,25-26H. The Hall–Kier alpha value is -4.20. The van der Waals surface area contributed by atoms with E-state index in [1.165, 1.54) is 48.5 Å². The lowest BCUT2D eigenvalue weighted by Crippen LogP contribution is -2.00. The van der Waals surface area contributed by atoms with Crippen molar-refractivity contribution in [1.29, 1.82) is 0 Å². The summed E-state index contributed by atoms with van der Waals surface area (Å²) in [6.45, 7) is 0. The van der Waals surface area contributed by atoms with Crippen LogP contribution in [-0.2, 0) is 4.74 Å². The molecule has 0 aliphatic heterocycles. The lowest BCUT2D eigenvalue weighted by Gasteiger charge is -2.17. The van der Waals surface area contributed by atoms with Gasteiger partial charge in [0.2, 0.25) is 0 Å². The van der Waals surface area contributed by atoms with Gasteiger partial charge in [0.15, 0.2) is 0 Å². The fourth-order valence-corrected chi connectivity index (χ4v) is 4.49. The van der Waals surface area contributed by atoms with Crippen LogP contribution in [0.3, 0.4) is 0 Å². The van der Waals surface area contributed by atoms with Gasteiger partial charge in [-0.15, -0.1) is 0 Å². The van der Waals surface area contributed by atoms with Gasteiger partial charge in [0.25, 0.3) is 11.4 Å². The highest BCUT2D eigenvalue weighted by molar-refractivity contribution is 9.09. The maximum Gasteiger partial charge on any atom is 0.269 e. The van der Waals surface area contributed by atoms with Crippen molar-refractivity contribution in [2.45, 2.75) is 10.0 Å². The van der Waals surface area contributed by atoms with Crippen molar-refractivity contribution < 1.29 is 14.6 Å². The summed E-state index contributed by atoms with van der Waals surface area (Å²) >= 11 is 7.09. The third-order valence-corrected chi connectivity index (χ3v) is 6.72. The molecule has 0 radical (unpaired) electrons. The van der Waals surface area contributed by atoms with Gasteiger partial charge in [0.05, 0.1) is 32.6 Å². The van der Waals surface area contributed by atoms with Crippen LogP contribution in [0, 0.1) is 20.2 Å². The first-order valence-corrected chi connectivity index (χ1v) is 13.1. The number of halogens is 2. The van der Waals surface area contributed by atoms with Crippen LogP contribution in [0.15, 0.2) is 118 Å². The Labute approximate surface area is 238 Å². The second-order valence-corrected chi connectivity index (χ2v) is 9.56. The van der Waals surface area contributed by atoms with Gasteiger partial charge in [-0.3, -0.25) is 20.2 Å². The third kappa shape index (κ3) is 7.89. The molecule has 39 heavy (non-hydrogen) atoms. The lowest BCUT2D eigenvalue weighted by molar-refractivity contribution is -0.385. The highest BCUT2D eigenvalue weighted by Crippen LogP contribution is 2.36. The number of non-ortho nitro benzene ring substituents is 2. The first kappa shape index (κ1) is 27.8. The third-order valence-electron chi connectivity index (χ3n) is 5.23. The monoisotopic (exact) mass is 652 g/mol. The van der Waals surface area contributed by atoms with E-state index in [0.29, 0.717) is 22.7 Å². The molecule has 13 heteroatoms. The van der Waals surface area contributed by atoms with Gasteiger partial charge in [-0.25, -0.2) is 0 Å². The molecular weight excluding hydrogens is 636 g/mol. The fourth-order valence-electron chi connectivity index (χ4n) is 3.16. The molecule has 2 unspecified atom stereocenters. The van der Waals surface area contributed by atoms with Crippen LogP contribution < -0.4 is 0 Å². The zero-order valence-corrected chi connectivity index (χ0v) is 23.0. The summed E-state index contributed by atoms with van der Waals surface area (Å²) in [5, 5.41) is 37.2. The summed E-state index contributed by atoms with van der Waals surface area (Å²) < 4.78 is 6.04. The van der Waals surface area contributed by atoms with Crippen LogP contribution in [0.25, 0.3) is 0 Å². The van der Waals surface area contributed by atoms with Crippen LogP contribution in [0.2, 0.25) is 0 Å². The lowest BCUT2D eigenvalue weighted by atomic mass is 10.2. The van der Waals surface area contributed by atoms with Gasteiger partial charge in [-0.2, -0.15) is 20.5 Å². The molecule has 0 aliphatic carbocycles. The van der Waals surface area contributed by atoms with E-state index in [1.54, 1.807) is 24.3 Å². The normalized spacial score (nSPS) is 13.0. The molecule has 196 valence electrons. The van der Waals surface area contributed by atoms with Gasteiger partial charge >= 0.3 is 0 Å². The largest absolute Gasteiger partial charge is 0.343 e. The molecule has 0 aromatic heterocycles. The second-order valence-electron chi connectivity index (χ2n) is 7.90. The highest BCUT2D eigenvalue weighted by atomic mass is 79.9. The molecule has 0 amide bonds. The molecule has 2 atom stereocenters. The number of hydrogen-bond donors (Lipinski definition) is 0. The first-order chi connectivity index (χ1) is 18.8. The van der Waals surface area contributed by atoms with Crippen molar-refractivity contribution >= 4 is 66.0 Å². The molecule has 0 fully saturated rings. The molecule has 0 saturated heterocycles. The molecule has 0 saturated carbocycles. The van der Waals surface area contributed by atoms with Crippen LogP contribution in [-0.4, -0.2) is 9.85 Å². The SMILES string of the molecule is O=[N+]([O-])c1ccc(N=Nc2ccc(C(Br)OC(Br)c3ccc(N=Nc4ccc([N+](=O)[O-])cc4)cc3)cc2)cc1. The number of benzene rings is 4. The van der Waals surface area contributed by atoms with E-state index in [-0.39, 0.29) is 11.4 Å². The van der Waals surface area contributed by atoms with Crippen molar-refractivity contribution in [2.75, 3.05) is 0 Å². The van der Waals surface area contributed by atoms with Crippen molar-refractivity contribution in [3.8, 4) is 0 Å². The van der Waals surface area contributed by atoms with E-state index < -0.39 is 19.9 Å². The minimum Gasteiger partial charge on any atom is -0.343 e. The van der Waals surface area contributed by atoms with Crippen LogP contribution in [0.4, 0.5) is 34.1 Å². The molecular formula is C26H18Br2N6O5. The van der Waals surface area contributed by atoms with Gasteiger partial charge in [0.1, 0.15) is 10.0 Å². The molecule has 0 heterocycles. The first-order valence-electron chi connectivity index (χ1n) is 11.2. The summed E-state index contributed by atoms with van der Waals surface area (Å²) in [5.41, 5.74) is 3.96. The van der Waals surface area contributed by atoms with Gasteiger partial charge in [0, 0.05) is 24.3 Å². The van der Waals surface area contributed by atoms with Crippen LogP contribution in [0.5, 0.6) is 0 Å². The van der Waals surface area contributed by atoms with Crippen molar-refractivity contribution in [2.24, 2.45) is 20.5 Å². The Kier molecular flexibility index (Phi) is 9.31. The highest BCUT2D eigenvalue weighted by Gasteiger charge is 2.15. The molecule has 0 bridgehead atoms. The summed E-state index contributed by atoms with van der Waals surface area (Å²) in [7, 11) is 0. The smallest absolute Gasteiger partial charge is 0.269 e. The fraction of sp³-hybridized carbons (Fsp3) is 0.0769. The van der Waals surface area contributed by atoms with Gasteiger partial charge in [-0.05, 0) is 59.7 Å². The summed E-state index contributed by atoms with van der Waals surface area (Å²) in [4.78, 5) is 20.6. The molecule has 4 aromatic carbocycles. The Morgan fingerprint density at radius 1 is 0.513 bits per heavy atom. The van der Waals surface area contributed by atoms with E-state index in [1.807, 2.05) is 24.3 Å². The Morgan fingerprint density at radius 2 is 0.769 bits per heavy atom. The average Bonchev–Trinajstić information content (AvgIpc) is 2.96. The Balaban J connectivity index is 1.31. The van der Waals surface area contributed by atoms with E-state index in [2.05, 4.69) is 52.3 Å². The second kappa shape index (κ2) is 13.0. The maximum absolute atomic E-state index is 10.7. The van der Waals surface area contributed by atoms with Crippen LogP contribution >= 0.6 is 31.9 Å². The number of nitrogens with zero attached hydrogens (tertiary/aromatic N) is 6. The maximum atomic E-state index is 10.7. The van der Waals surface area contributed by atoms with Crippen LogP contribution in [0.1, 0.15) is 21.2 Å². The minimum absolute atomic E-state index is 0.00658. The van der Waals surface area contributed by atoms with Gasteiger partial charge in [-0.1, -0.05) is 56.1 Å². The van der Waals surface area contributed by atoms with E-state index in [9.17, 15) is 20.2 Å². The predicted octanol–water partition coefficient (Wildman–Crippen LogP) is 9.84. The number of rotatable bonds is 10. The van der Waals surface area contributed by atoms with E-state index in [4.69, 9.17) is 4.74 Å². The van der Waals surface area contributed by atoms with Crippen molar-refractivity contribution in [3.63, 3.8) is 0 Å². The number of hydrogen-bond acceptors (Lipinski definition) is 9. The number of ether oxygens (including phenoxy) is 1. The summed E-state index contributed by atoms with van der Waals surface area (Å²) in [6, 6.07) is 26.2. The molecule has 0 aliphatic rings. The topological polar surface area (TPSA) is 145 Å². The zero-order valence-electron chi connectivity index (χ0n) is 19.9. The Bertz CT molecular complexity index is 1380.